The van der Waals surface area contributed by atoms with Crippen LogP contribution in [0.25, 0.3) is 0 Å². The first-order chi connectivity index (χ1) is 11.5. The quantitative estimate of drug-likeness (QED) is 0.629. The summed E-state index contributed by atoms with van der Waals surface area (Å²) in [6.07, 6.45) is 0. The largest absolute Gasteiger partial charge is 0.495 e. The number of ether oxygens (including phenoxy) is 4. The second kappa shape index (κ2) is 8.32. The molecule has 0 aliphatic carbocycles. The van der Waals surface area contributed by atoms with Crippen LogP contribution in [0.1, 0.15) is 11.1 Å². The lowest BCUT2D eigenvalue weighted by molar-refractivity contribution is 0.391. The van der Waals surface area contributed by atoms with Gasteiger partial charge in [-0.1, -0.05) is 11.8 Å². The molecule has 4 nitrogen and oxygen atoms in total. The number of rotatable bonds is 4. The molecule has 0 radical (unpaired) electrons. The summed E-state index contributed by atoms with van der Waals surface area (Å²) in [4.78, 5) is 0. The summed E-state index contributed by atoms with van der Waals surface area (Å²) in [5.41, 5.74) is 1.47. The number of benzene rings is 2. The van der Waals surface area contributed by atoms with E-state index in [1.807, 2.05) is 12.1 Å². The zero-order valence-corrected chi connectivity index (χ0v) is 16.9. The molecule has 0 saturated carbocycles. The smallest absolute Gasteiger partial charge is 0.138 e. The Morgan fingerprint density at radius 1 is 0.583 bits per heavy atom. The van der Waals surface area contributed by atoms with E-state index in [-0.39, 0.29) is 0 Å². The molecule has 6 heteroatoms. The topological polar surface area (TPSA) is 36.9 Å². The highest BCUT2D eigenvalue weighted by atomic mass is 79.9. The van der Waals surface area contributed by atoms with Crippen LogP contribution >= 0.6 is 31.9 Å². The molecule has 126 valence electrons. The van der Waals surface area contributed by atoms with E-state index in [9.17, 15) is 0 Å². The average Bonchev–Trinajstić information content (AvgIpc) is 2.60. The van der Waals surface area contributed by atoms with Crippen LogP contribution in [0.2, 0.25) is 0 Å². The Kier molecular flexibility index (Phi) is 6.41. The SMILES string of the molecule is COc1cc(OC)c(C#Cc2cc(Br)c(OC)cc2OC)cc1Br. The van der Waals surface area contributed by atoms with Gasteiger partial charge in [0.25, 0.3) is 0 Å². The first kappa shape index (κ1) is 18.5. The molecule has 0 spiro atoms. The summed E-state index contributed by atoms with van der Waals surface area (Å²) >= 11 is 6.92. The summed E-state index contributed by atoms with van der Waals surface area (Å²) in [7, 11) is 6.39. The number of methoxy groups -OCH3 is 4. The molecule has 24 heavy (non-hydrogen) atoms. The fraction of sp³-hybridized carbons (Fsp3) is 0.222. The minimum Gasteiger partial charge on any atom is -0.495 e. The molecule has 0 atom stereocenters. The highest BCUT2D eigenvalue weighted by Gasteiger charge is 2.10. The Morgan fingerprint density at radius 3 is 1.21 bits per heavy atom. The van der Waals surface area contributed by atoms with Gasteiger partial charge < -0.3 is 18.9 Å². The van der Waals surface area contributed by atoms with Crippen LogP contribution in [0.3, 0.4) is 0 Å². The van der Waals surface area contributed by atoms with E-state index in [1.165, 1.54) is 0 Å². The molecule has 0 saturated heterocycles. The molecule has 0 aliphatic heterocycles. The molecule has 0 N–H and O–H groups in total. The van der Waals surface area contributed by atoms with Crippen molar-refractivity contribution in [2.45, 2.75) is 0 Å². The lowest BCUT2D eigenvalue weighted by atomic mass is 10.1. The molecule has 2 aromatic rings. The van der Waals surface area contributed by atoms with Gasteiger partial charge in [0.1, 0.15) is 23.0 Å². The zero-order chi connectivity index (χ0) is 17.7. The van der Waals surface area contributed by atoms with Crippen molar-refractivity contribution in [1.82, 2.24) is 0 Å². The molecule has 0 aromatic heterocycles. The minimum absolute atomic E-state index is 0.633. The van der Waals surface area contributed by atoms with Crippen molar-refractivity contribution in [2.75, 3.05) is 28.4 Å². The summed E-state index contributed by atoms with van der Waals surface area (Å²) in [5.74, 6) is 8.85. The second-order valence-corrected chi connectivity index (χ2v) is 6.33. The predicted octanol–water partition coefficient (Wildman–Crippen LogP) is 4.65. The van der Waals surface area contributed by atoms with E-state index >= 15 is 0 Å². The molecule has 0 heterocycles. The molecular weight excluding hydrogens is 440 g/mol. The van der Waals surface area contributed by atoms with Gasteiger partial charge >= 0.3 is 0 Å². The number of hydrogen-bond acceptors (Lipinski definition) is 4. The number of hydrogen-bond donors (Lipinski definition) is 0. The first-order valence-corrected chi connectivity index (χ1v) is 8.47. The maximum atomic E-state index is 5.38. The van der Waals surface area contributed by atoms with Crippen LogP contribution in [-0.4, -0.2) is 28.4 Å². The van der Waals surface area contributed by atoms with Gasteiger partial charge in [0, 0.05) is 12.1 Å². The van der Waals surface area contributed by atoms with Crippen LogP contribution in [0.4, 0.5) is 0 Å². The standard InChI is InChI=1S/C18H16Br2O4/c1-21-15-9-17(23-3)13(19)7-11(15)5-6-12-8-14(20)18(24-4)10-16(12)22-2/h7-10H,1-4H3. The van der Waals surface area contributed by atoms with Crippen molar-refractivity contribution in [3.63, 3.8) is 0 Å². The highest BCUT2D eigenvalue weighted by Crippen LogP contribution is 2.34. The van der Waals surface area contributed by atoms with E-state index in [2.05, 4.69) is 43.7 Å². The Labute approximate surface area is 158 Å². The normalized spacial score (nSPS) is 9.75. The van der Waals surface area contributed by atoms with Crippen LogP contribution in [0.5, 0.6) is 23.0 Å². The van der Waals surface area contributed by atoms with Crippen molar-refractivity contribution < 1.29 is 18.9 Å². The van der Waals surface area contributed by atoms with E-state index in [4.69, 9.17) is 18.9 Å². The Morgan fingerprint density at radius 2 is 0.917 bits per heavy atom. The minimum atomic E-state index is 0.633. The Balaban J connectivity index is 2.50. The van der Waals surface area contributed by atoms with E-state index in [0.29, 0.717) is 23.0 Å². The predicted molar refractivity (Wildman–Crippen MR) is 100 cm³/mol. The van der Waals surface area contributed by atoms with Gasteiger partial charge in [0.2, 0.25) is 0 Å². The van der Waals surface area contributed by atoms with Gasteiger partial charge in [-0.3, -0.25) is 0 Å². The van der Waals surface area contributed by atoms with Crippen molar-refractivity contribution >= 4 is 31.9 Å². The third kappa shape index (κ3) is 3.97. The maximum absolute atomic E-state index is 5.38. The van der Waals surface area contributed by atoms with E-state index < -0.39 is 0 Å². The van der Waals surface area contributed by atoms with Crippen molar-refractivity contribution in [2.24, 2.45) is 0 Å². The molecule has 0 fully saturated rings. The van der Waals surface area contributed by atoms with Crippen molar-refractivity contribution in [3.05, 3.63) is 44.3 Å². The van der Waals surface area contributed by atoms with E-state index in [0.717, 1.165) is 20.1 Å². The van der Waals surface area contributed by atoms with E-state index in [1.54, 1.807) is 40.6 Å². The molecule has 0 unspecified atom stereocenters. The van der Waals surface area contributed by atoms with Crippen LogP contribution in [0.15, 0.2) is 33.2 Å². The van der Waals surface area contributed by atoms with Gasteiger partial charge in [-0.25, -0.2) is 0 Å². The van der Waals surface area contributed by atoms with Gasteiger partial charge in [-0.2, -0.15) is 0 Å². The maximum Gasteiger partial charge on any atom is 0.138 e. The summed E-state index contributed by atoms with van der Waals surface area (Å²) in [6, 6.07) is 7.29. The molecular formula is C18H16Br2O4. The van der Waals surface area contributed by atoms with Crippen LogP contribution in [0, 0.1) is 11.8 Å². The van der Waals surface area contributed by atoms with Crippen LogP contribution in [-0.2, 0) is 0 Å². The summed E-state index contributed by atoms with van der Waals surface area (Å²) < 4.78 is 22.9. The third-order valence-electron chi connectivity index (χ3n) is 3.28. The van der Waals surface area contributed by atoms with Crippen molar-refractivity contribution in [1.29, 1.82) is 0 Å². The molecule has 2 rings (SSSR count). The molecule has 0 amide bonds. The Hall–Kier alpha value is -1.84. The average molecular weight is 456 g/mol. The van der Waals surface area contributed by atoms with Gasteiger partial charge in [0.15, 0.2) is 0 Å². The lowest BCUT2D eigenvalue weighted by Gasteiger charge is -2.09. The molecule has 2 aromatic carbocycles. The Bertz CT molecular complexity index is 741. The monoisotopic (exact) mass is 454 g/mol. The fourth-order valence-corrected chi connectivity index (χ4v) is 3.06. The van der Waals surface area contributed by atoms with Crippen molar-refractivity contribution in [3.8, 4) is 34.8 Å². The second-order valence-electron chi connectivity index (χ2n) is 4.62. The lowest BCUT2D eigenvalue weighted by Crippen LogP contribution is -1.93. The summed E-state index contributed by atoms with van der Waals surface area (Å²) in [6.45, 7) is 0. The highest BCUT2D eigenvalue weighted by molar-refractivity contribution is 9.10. The van der Waals surface area contributed by atoms with Gasteiger partial charge in [0.05, 0.1) is 48.5 Å². The first-order valence-electron chi connectivity index (χ1n) is 6.89. The van der Waals surface area contributed by atoms with Gasteiger partial charge in [-0.15, -0.1) is 0 Å². The van der Waals surface area contributed by atoms with Crippen LogP contribution < -0.4 is 18.9 Å². The zero-order valence-electron chi connectivity index (χ0n) is 13.7. The molecule has 0 aliphatic rings. The van der Waals surface area contributed by atoms with Gasteiger partial charge in [-0.05, 0) is 44.0 Å². The fourth-order valence-electron chi connectivity index (χ4n) is 2.05. The summed E-state index contributed by atoms with van der Waals surface area (Å²) in [5, 5.41) is 0. The molecule has 0 bridgehead atoms. The third-order valence-corrected chi connectivity index (χ3v) is 4.52. The number of halogens is 2.